The molecule has 3 aromatic rings. The molecule has 3 heteroatoms. The Morgan fingerprint density at radius 3 is 2.43 bits per heavy atom. The van der Waals surface area contributed by atoms with E-state index in [9.17, 15) is 4.79 Å². The van der Waals surface area contributed by atoms with Crippen LogP contribution in [-0.2, 0) is 0 Å². The lowest BCUT2D eigenvalue weighted by Gasteiger charge is -2.08. The highest BCUT2D eigenvalue weighted by Gasteiger charge is 2.12. The summed E-state index contributed by atoms with van der Waals surface area (Å²) in [7, 11) is 0. The van der Waals surface area contributed by atoms with Gasteiger partial charge in [-0.2, -0.15) is 0 Å². The molecule has 0 saturated carbocycles. The van der Waals surface area contributed by atoms with E-state index in [1.165, 1.54) is 0 Å². The molecule has 0 aliphatic carbocycles. The summed E-state index contributed by atoms with van der Waals surface area (Å²) in [5.74, 6) is 0.0289. The highest BCUT2D eigenvalue weighted by molar-refractivity contribution is 9.10. The van der Waals surface area contributed by atoms with Gasteiger partial charge in [-0.25, -0.2) is 0 Å². The van der Waals surface area contributed by atoms with E-state index in [1.807, 2.05) is 56.3 Å². The van der Waals surface area contributed by atoms with Crippen LogP contribution in [0, 0.1) is 13.8 Å². The molecule has 0 fully saturated rings. The van der Waals surface area contributed by atoms with E-state index in [2.05, 4.69) is 20.9 Å². The number of nitrogens with zero attached hydrogens (tertiary/aromatic N) is 1. The van der Waals surface area contributed by atoms with Gasteiger partial charge in [-0.15, -0.1) is 0 Å². The molecule has 2 nitrogen and oxygen atoms in total. The Labute approximate surface area is 132 Å². The minimum atomic E-state index is 0.0289. The summed E-state index contributed by atoms with van der Waals surface area (Å²) in [4.78, 5) is 17.0. The van der Waals surface area contributed by atoms with Crippen LogP contribution in [0.1, 0.15) is 27.0 Å². The van der Waals surface area contributed by atoms with E-state index in [1.54, 1.807) is 6.20 Å². The van der Waals surface area contributed by atoms with Gasteiger partial charge in [0.1, 0.15) is 0 Å². The van der Waals surface area contributed by atoms with Gasteiger partial charge < -0.3 is 0 Å². The van der Waals surface area contributed by atoms with Crippen LogP contribution in [0.2, 0.25) is 0 Å². The molecule has 1 aromatic heterocycles. The number of halogens is 1. The number of rotatable bonds is 2. The molecule has 1 heterocycles. The third-order valence-electron chi connectivity index (χ3n) is 3.57. The molecular formula is C18H14BrNO. The SMILES string of the molecule is Cc1cc(C(=O)c2ccc3cccnc3c2)cc(C)c1Br. The maximum absolute atomic E-state index is 12.7. The molecular weight excluding hydrogens is 326 g/mol. The van der Waals surface area contributed by atoms with Crippen molar-refractivity contribution in [3.8, 4) is 0 Å². The van der Waals surface area contributed by atoms with E-state index in [4.69, 9.17) is 0 Å². The van der Waals surface area contributed by atoms with Crippen LogP contribution in [0.4, 0.5) is 0 Å². The van der Waals surface area contributed by atoms with Crippen molar-refractivity contribution in [1.82, 2.24) is 4.98 Å². The van der Waals surface area contributed by atoms with E-state index in [0.29, 0.717) is 11.1 Å². The van der Waals surface area contributed by atoms with Crippen molar-refractivity contribution in [2.45, 2.75) is 13.8 Å². The van der Waals surface area contributed by atoms with Crippen LogP contribution >= 0.6 is 15.9 Å². The zero-order chi connectivity index (χ0) is 15.0. The molecule has 0 atom stereocenters. The van der Waals surface area contributed by atoms with Crippen molar-refractivity contribution in [2.24, 2.45) is 0 Å². The largest absolute Gasteiger partial charge is 0.289 e. The first-order chi connectivity index (χ1) is 10.1. The molecule has 0 N–H and O–H groups in total. The number of aromatic nitrogens is 1. The second-order valence-electron chi connectivity index (χ2n) is 5.16. The summed E-state index contributed by atoms with van der Waals surface area (Å²) >= 11 is 3.53. The third kappa shape index (κ3) is 2.61. The number of fused-ring (bicyclic) bond motifs is 1. The van der Waals surface area contributed by atoms with E-state index < -0.39 is 0 Å². The van der Waals surface area contributed by atoms with Gasteiger partial charge in [-0.05, 0) is 49.2 Å². The van der Waals surface area contributed by atoms with Crippen molar-refractivity contribution in [3.63, 3.8) is 0 Å². The van der Waals surface area contributed by atoms with E-state index in [-0.39, 0.29) is 5.78 Å². The number of carbonyl (C=O) groups is 1. The van der Waals surface area contributed by atoms with Crippen LogP contribution in [0.15, 0.2) is 53.1 Å². The Kier molecular flexibility index (Phi) is 3.60. The lowest BCUT2D eigenvalue weighted by molar-refractivity contribution is 0.103. The lowest BCUT2D eigenvalue weighted by Crippen LogP contribution is -2.03. The molecule has 0 amide bonds. The second-order valence-corrected chi connectivity index (χ2v) is 5.96. The van der Waals surface area contributed by atoms with Gasteiger partial charge in [0.25, 0.3) is 0 Å². The molecule has 104 valence electrons. The smallest absolute Gasteiger partial charge is 0.193 e. The van der Waals surface area contributed by atoms with Crippen molar-refractivity contribution in [3.05, 3.63) is 75.4 Å². The van der Waals surface area contributed by atoms with Crippen LogP contribution in [-0.4, -0.2) is 10.8 Å². The number of aryl methyl sites for hydroxylation is 2. The Morgan fingerprint density at radius 2 is 1.71 bits per heavy atom. The molecule has 2 aromatic carbocycles. The minimum absolute atomic E-state index is 0.0289. The molecule has 0 saturated heterocycles. The number of hydrogen-bond acceptors (Lipinski definition) is 2. The first-order valence-corrected chi connectivity index (χ1v) is 7.52. The standard InChI is InChI=1S/C18H14BrNO/c1-11-8-15(9-12(2)17(11)19)18(21)14-6-5-13-4-3-7-20-16(13)10-14/h3-10H,1-2H3. The van der Waals surface area contributed by atoms with Crippen LogP contribution < -0.4 is 0 Å². The molecule has 0 bridgehead atoms. The Hall–Kier alpha value is -2.00. The molecule has 21 heavy (non-hydrogen) atoms. The fourth-order valence-electron chi connectivity index (χ4n) is 2.45. The minimum Gasteiger partial charge on any atom is -0.289 e. The average molecular weight is 340 g/mol. The number of ketones is 1. The maximum atomic E-state index is 12.7. The molecule has 0 aliphatic heterocycles. The quantitative estimate of drug-likeness (QED) is 0.625. The van der Waals surface area contributed by atoms with Crippen molar-refractivity contribution < 1.29 is 4.79 Å². The topological polar surface area (TPSA) is 30.0 Å². The maximum Gasteiger partial charge on any atom is 0.193 e. The zero-order valence-corrected chi connectivity index (χ0v) is 13.4. The summed E-state index contributed by atoms with van der Waals surface area (Å²) < 4.78 is 1.05. The van der Waals surface area contributed by atoms with Crippen LogP contribution in [0.3, 0.4) is 0 Å². The summed E-state index contributed by atoms with van der Waals surface area (Å²) in [5.41, 5.74) is 4.36. The van der Waals surface area contributed by atoms with Gasteiger partial charge in [0, 0.05) is 27.2 Å². The number of pyridine rings is 1. The van der Waals surface area contributed by atoms with Crippen LogP contribution in [0.5, 0.6) is 0 Å². The first kappa shape index (κ1) is 14.0. The Bertz CT molecular complexity index is 832. The fourth-order valence-corrected chi connectivity index (χ4v) is 2.68. The van der Waals surface area contributed by atoms with E-state index >= 15 is 0 Å². The first-order valence-electron chi connectivity index (χ1n) is 6.72. The van der Waals surface area contributed by atoms with Crippen LogP contribution in [0.25, 0.3) is 10.9 Å². The van der Waals surface area contributed by atoms with Crippen molar-refractivity contribution in [1.29, 1.82) is 0 Å². The zero-order valence-electron chi connectivity index (χ0n) is 11.9. The Balaban J connectivity index is 2.08. The summed E-state index contributed by atoms with van der Waals surface area (Å²) in [6.07, 6.45) is 1.74. The van der Waals surface area contributed by atoms with Gasteiger partial charge in [0.05, 0.1) is 5.52 Å². The summed E-state index contributed by atoms with van der Waals surface area (Å²) in [5, 5.41) is 1.04. The predicted octanol–water partition coefficient (Wildman–Crippen LogP) is 4.85. The highest BCUT2D eigenvalue weighted by atomic mass is 79.9. The molecule has 0 radical (unpaired) electrons. The molecule has 0 spiro atoms. The normalized spacial score (nSPS) is 10.8. The molecule has 3 rings (SSSR count). The lowest BCUT2D eigenvalue weighted by atomic mass is 9.98. The van der Waals surface area contributed by atoms with Gasteiger partial charge in [-0.3, -0.25) is 9.78 Å². The second kappa shape index (κ2) is 5.41. The van der Waals surface area contributed by atoms with Gasteiger partial charge in [0.2, 0.25) is 0 Å². The van der Waals surface area contributed by atoms with Crippen molar-refractivity contribution >= 4 is 32.6 Å². The van der Waals surface area contributed by atoms with Gasteiger partial charge >= 0.3 is 0 Å². The molecule has 0 unspecified atom stereocenters. The fraction of sp³-hybridized carbons (Fsp3) is 0.111. The number of hydrogen-bond donors (Lipinski definition) is 0. The van der Waals surface area contributed by atoms with Gasteiger partial charge in [0.15, 0.2) is 5.78 Å². The number of carbonyl (C=O) groups excluding carboxylic acids is 1. The monoisotopic (exact) mass is 339 g/mol. The van der Waals surface area contributed by atoms with E-state index in [0.717, 1.165) is 26.5 Å². The van der Waals surface area contributed by atoms with Gasteiger partial charge in [-0.1, -0.05) is 34.1 Å². The summed E-state index contributed by atoms with van der Waals surface area (Å²) in [6, 6.07) is 13.4. The Morgan fingerprint density at radius 1 is 1.00 bits per heavy atom. The number of benzene rings is 2. The third-order valence-corrected chi connectivity index (χ3v) is 4.82. The predicted molar refractivity (Wildman–Crippen MR) is 88.8 cm³/mol. The highest BCUT2D eigenvalue weighted by Crippen LogP contribution is 2.24. The van der Waals surface area contributed by atoms with Crippen molar-refractivity contribution in [2.75, 3.05) is 0 Å². The summed E-state index contributed by atoms with van der Waals surface area (Å²) in [6.45, 7) is 3.99. The average Bonchev–Trinajstić information content (AvgIpc) is 2.51. The molecule has 0 aliphatic rings.